The molecule has 348 valence electrons. The van der Waals surface area contributed by atoms with E-state index < -0.39 is 41.1 Å². The van der Waals surface area contributed by atoms with Crippen LogP contribution in [0.4, 0.5) is 4.79 Å². The Morgan fingerprint density at radius 3 is 2.56 bits per heavy atom. The smallest absolute Gasteiger partial charge is 0.408 e. The lowest BCUT2D eigenvalue weighted by Gasteiger charge is -2.52. The molecule has 4 aromatic rings. The zero-order valence-electron chi connectivity index (χ0n) is 39.0. The number of hydrazine groups is 1. The lowest BCUT2D eigenvalue weighted by atomic mass is 9.73. The summed E-state index contributed by atoms with van der Waals surface area (Å²) in [6.07, 6.45) is 5.71. The van der Waals surface area contributed by atoms with Crippen molar-refractivity contribution in [1.82, 2.24) is 30.3 Å². The standard InChI is InChI=1S/C48H66N6O10/c1-28(59-9)40-33(12-11-16-49-40)42-35(25-47(5,6)27-55)34-22-29(13-14-38(34)53(42)17-19-61-32-15-18-63-48(7,8)24-32)37-26-62-39(50-37)23-36(51-45(58)64-46(2,3)4)43(56)54-31-20-30(21-31)41(52-54)44(57)60-10/h11-14,16,22,26,28,30-32,36,41,52,55H,15,17-21,23-25,27H2,1-10H3,(H,51,58)/t28-,30?,31?,32-,36-,41-/m0/s1. The van der Waals surface area contributed by atoms with Crippen molar-refractivity contribution in [3.05, 3.63) is 59.9 Å². The number of methoxy groups -OCH3 is 2. The number of esters is 1. The molecule has 16 nitrogen and oxygen atoms in total. The van der Waals surface area contributed by atoms with E-state index >= 15 is 0 Å². The Labute approximate surface area is 375 Å². The van der Waals surface area contributed by atoms with E-state index in [9.17, 15) is 19.5 Å². The van der Waals surface area contributed by atoms with Crippen LogP contribution >= 0.6 is 0 Å². The van der Waals surface area contributed by atoms with Gasteiger partial charge in [-0.1, -0.05) is 19.9 Å². The van der Waals surface area contributed by atoms with Crippen molar-refractivity contribution >= 4 is 28.9 Å². The van der Waals surface area contributed by atoms with Crippen LogP contribution in [-0.4, -0.2) is 112 Å². The summed E-state index contributed by atoms with van der Waals surface area (Å²) in [5.74, 6) is -0.613. The number of nitrogens with zero attached hydrogens (tertiary/aromatic N) is 4. The highest BCUT2D eigenvalue weighted by atomic mass is 16.6. The molecule has 16 heteroatoms. The fourth-order valence-corrected chi connectivity index (χ4v) is 9.14. The Kier molecular flexibility index (Phi) is 13.9. The van der Waals surface area contributed by atoms with E-state index in [2.05, 4.69) is 47.4 Å². The van der Waals surface area contributed by atoms with Crippen molar-refractivity contribution in [3.63, 3.8) is 0 Å². The molecule has 2 amide bonds. The molecule has 0 spiro atoms. The van der Waals surface area contributed by atoms with Gasteiger partial charge in [-0.3, -0.25) is 19.6 Å². The maximum Gasteiger partial charge on any atom is 0.408 e. The van der Waals surface area contributed by atoms with Gasteiger partial charge in [-0.25, -0.2) is 15.2 Å². The largest absolute Gasteiger partial charge is 0.468 e. The summed E-state index contributed by atoms with van der Waals surface area (Å²) >= 11 is 0. The Balaban J connectivity index is 1.25. The number of amides is 2. The molecule has 4 fully saturated rings. The quantitative estimate of drug-likeness (QED) is 0.101. The molecule has 6 heterocycles. The number of aliphatic hydroxyl groups is 1. The molecular weight excluding hydrogens is 821 g/mol. The minimum Gasteiger partial charge on any atom is -0.468 e. The molecule has 8 rings (SSSR count). The number of hydrogen-bond donors (Lipinski definition) is 3. The molecule has 1 aromatic carbocycles. The van der Waals surface area contributed by atoms with Crippen LogP contribution in [0.5, 0.6) is 0 Å². The summed E-state index contributed by atoms with van der Waals surface area (Å²) < 4.78 is 37.3. The normalized spacial score (nSPS) is 21.8. The lowest BCUT2D eigenvalue weighted by Crippen LogP contribution is -2.71. The number of carbonyl (C=O) groups excluding carboxylic acids is 3. The number of pyridine rings is 1. The van der Waals surface area contributed by atoms with Crippen LogP contribution in [-0.2, 0) is 52.7 Å². The van der Waals surface area contributed by atoms with Crippen molar-refractivity contribution in [2.24, 2.45) is 11.3 Å². The Morgan fingerprint density at radius 2 is 1.88 bits per heavy atom. The van der Waals surface area contributed by atoms with Gasteiger partial charge in [0.25, 0.3) is 5.91 Å². The van der Waals surface area contributed by atoms with Crippen LogP contribution in [0.25, 0.3) is 33.4 Å². The summed E-state index contributed by atoms with van der Waals surface area (Å²) in [5, 5.41) is 15.8. The Hall–Kier alpha value is -4.87. The van der Waals surface area contributed by atoms with Gasteiger partial charge in [0.2, 0.25) is 0 Å². The fourth-order valence-electron chi connectivity index (χ4n) is 9.14. The van der Waals surface area contributed by atoms with Crippen molar-refractivity contribution in [2.75, 3.05) is 34.0 Å². The molecular formula is C48H66N6O10. The highest BCUT2D eigenvalue weighted by Crippen LogP contribution is 2.42. The zero-order chi connectivity index (χ0) is 46.1. The molecule has 3 aliphatic heterocycles. The van der Waals surface area contributed by atoms with E-state index in [1.807, 2.05) is 32.9 Å². The number of rotatable bonds is 16. The second-order valence-electron chi connectivity index (χ2n) is 19.9. The van der Waals surface area contributed by atoms with E-state index in [4.69, 9.17) is 38.1 Å². The average Bonchev–Trinajstić information content (AvgIpc) is 3.82. The van der Waals surface area contributed by atoms with Crippen molar-refractivity contribution in [1.29, 1.82) is 0 Å². The number of aromatic nitrogens is 3. The summed E-state index contributed by atoms with van der Waals surface area (Å²) in [7, 11) is 3.00. The number of benzene rings is 1. The zero-order valence-corrected chi connectivity index (χ0v) is 39.0. The van der Waals surface area contributed by atoms with Crippen molar-refractivity contribution in [2.45, 2.75) is 142 Å². The molecule has 0 radical (unpaired) electrons. The third kappa shape index (κ3) is 10.5. The van der Waals surface area contributed by atoms with E-state index in [1.165, 1.54) is 12.1 Å². The SMILES string of the molecule is COC(=O)[C@H]1NN(C(=O)[C@H](Cc2nc(-c3ccc4c(c3)c(CC(C)(C)CO)c(-c3cccnc3[C@H](C)OC)n4CCO[C@H]3CCOC(C)(C)C3)co2)NC(=O)OC(C)(C)C)C2CC1C2. The van der Waals surface area contributed by atoms with Gasteiger partial charge in [-0.15, -0.1) is 0 Å². The third-order valence-electron chi connectivity index (χ3n) is 12.6. The molecule has 3 N–H and O–H groups in total. The first-order chi connectivity index (χ1) is 30.3. The number of hydrogen-bond acceptors (Lipinski definition) is 13. The average molecular weight is 887 g/mol. The molecule has 1 aliphatic carbocycles. The van der Waals surface area contributed by atoms with E-state index in [1.54, 1.807) is 40.3 Å². The number of nitrogens with one attached hydrogen (secondary N) is 2. The van der Waals surface area contributed by atoms with Crippen LogP contribution in [0.15, 0.2) is 47.2 Å². The van der Waals surface area contributed by atoms with Gasteiger partial charge < -0.3 is 43.1 Å². The first-order valence-corrected chi connectivity index (χ1v) is 22.4. The van der Waals surface area contributed by atoms with Crippen molar-refractivity contribution < 1.29 is 47.6 Å². The summed E-state index contributed by atoms with van der Waals surface area (Å²) in [6, 6.07) is 8.23. The van der Waals surface area contributed by atoms with Gasteiger partial charge >= 0.3 is 12.1 Å². The molecule has 3 saturated heterocycles. The number of carbonyl (C=O) groups is 3. The van der Waals surface area contributed by atoms with E-state index in [-0.39, 0.29) is 48.7 Å². The first kappa shape index (κ1) is 47.1. The Bertz CT molecular complexity index is 2310. The van der Waals surface area contributed by atoms with Gasteiger partial charge in [0.1, 0.15) is 29.6 Å². The number of ether oxygens (including phenoxy) is 5. The maximum atomic E-state index is 14.2. The molecule has 2 bridgehead atoms. The summed E-state index contributed by atoms with van der Waals surface area (Å²) in [4.78, 5) is 49.7. The minimum absolute atomic E-state index is 0.0304. The number of alkyl carbamates (subject to hydrolysis) is 1. The van der Waals surface area contributed by atoms with Crippen molar-refractivity contribution in [3.8, 4) is 22.5 Å². The monoisotopic (exact) mass is 886 g/mol. The second kappa shape index (κ2) is 18.9. The van der Waals surface area contributed by atoms with E-state index in [0.29, 0.717) is 44.7 Å². The molecule has 1 saturated carbocycles. The second-order valence-corrected chi connectivity index (χ2v) is 19.9. The maximum absolute atomic E-state index is 14.2. The molecule has 3 aromatic heterocycles. The topological polar surface area (TPSA) is 189 Å². The molecule has 0 unspecified atom stereocenters. The van der Waals surface area contributed by atoms with Crippen LogP contribution in [0, 0.1) is 11.3 Å². The van der Waals surface area contributed by atoms with Gasteiger partial charge in [0.15, 0.2) is 5.89 Å². The molecule has 64 heavy (non-hydrogen) atoms. The van der Waals surface area contributed by atoms with Gasteiger partial charge in [-0.2, -0.15) is 0 Å². The lowest BCUT2D eigenvalue weighted by molar-refractivity contribution is -0.167. The highest BCUT2D eigenvalue weighted by molar-refractivity contribution is 5.95. The Morgan fingerprint density at radius 1 is 1.11 bits per heavy atom. The van der Waals surface area contributed by atoms with E-state index in [0.717, 1.165) is 51.8 Å². The molecule has 4 aliphatic rings. The van der Waals surface area contributed by atoms with Gasteiger partial charge in [-0.05, 0) is 108 Å². The van der Waals surface area contributed by atoms with Crippen LogP contribution < -0.4 is 10.7 Å². The highest BCUT2D eigenvalue weighted by Gasteiger charge is 2.51. The summed E-state index contributed by atoms with van der Waals surface area (Å²) in [6.45, 7) is 17.2. The number of fused-ring (bicyclic) bond motifs is 3. The number of oxazole rings is 1. The fraction of sp³-hybridized carbons (Fsp3) is 0.604. The van der Waals surface area contributed by atoms with Crippen LogP contribution in [0.2, 0.25) is 0 Å². The molecule has 4 atom stereocenters. The predicted molar refractivity (Wildman–Crippen MR) is 239 cm³/mol. The minimum atomic E-state index is -1.13. The van der Waals surface area contributed by atoms with Crippen LogP contribution in [0.1, 0.15) is 104 Å². The van der Waals surface area contributed by atoms with Crippen LogP contribution in [0.3, 0.4) is 0 Å². The number of aliphatic hydroxyl groups excluding tert-OH is 1. The third-order valence-corrected chi connectivity index (χ3v) is 12.6. The van der Waals surface area contributed by atoms with Gasteiger partial charge in [0.05, 0.1) is 49.3 Å². The first-order valence-electron chi connectivity index (χ1n) is 22.4. The predicted octanol–water partition coefficient (Wildman–Crippen LogP) is 6.70. The van der Waals surface area contributed by atoms with Gasteiger partial charge in [0, 0.05) is 67.6 Å². The summed E-state index contributed by atoms with van der Waals surface area (Å²) in [5.41, 5.74) is 7.54.